The standard InChI is InChI=1S/C12H10N6/c1-2-4-9(5-3-1)6-10(11-7-13-17-15-11)12-8-14-18-16-12/h1-8H,(H,13,15,17)(H,14,16,18). The molecule has 3 aromatic rings. The Morgan fingerprint density at radius 2 is 1.50 bits per heavy atom. The molecule has 18 heavy (non-hydrogen) atoms. The van der Waals surface area contributed by atoms with Crippen molar-refractivity contribution in [3.05, 3.63) is 59.7 Å². The molecule has 0 saturated heterocycles. The molecule has 0 aliphatic rings. The van der Waals surface area contributed by atoms with Crippen molar-refractivity contribution in [3.63, 3.8) is 0 Å². The number of rotatable bonds is 3. The average Bonchev–Trinajstić information content (AvgIpc) is 3.11. The highest BCUT2D eigenvalue weighted by molar-refractivity contribution is 5.88. The molecule has 6 nitrogen and oxygen atoms in total. The summed E-state index contributed by atoms with van der Waals surface area (Å²) in [6.45, 7) is 0. The Kier molecular flexibility index (Phi) is 2.67. The van der Waals surface area contributed by atoms with Crippen LogP contribution in [0, 0.1) is 0 Å². The molecule has 0 aliphatic carbocycles. The molecule has 2 N–H and O–H groups in total. The first-order chi connectivity index (χ1) is 8.93. The van der Waals surface area contributed by atoms with Gasteiger partial charge in [0, 0.05) is 5.57 Å². The van der Waals surface area contributed by atoms with Gasteiger partial charge < -0.3 is 0 Å². The number of aromatic amines is 2. The first-order valence-electron chi connectivity index (χ1n) is 5.44. The van der Waals surface area contributed by atoms with Gasteiger partial charge in [0.25, 0.3) is 0 Å². The van der Waals surface area contributed by atoms with Crippen LogP contribution in [-0.2, 0) is 0 Å². The molecule has 0 atom stereocenters. The summed E-state index contributed by atoms with van der Waals surface area (Å²) < 4.78 is 0. The number of aromatic nitrogens is 6. The van der Waals surface area contributed by atoms with E-state index in [0.29, 0.717) is 0 Å². The molecule has 6 heteroatoms. The van der Waals surface area contributed by atoms with Crippen LogP contribution >= 0.6 is 0 Å². The second-order valence-corrected chi connectivity index (χ2v) is 3.69. The maximum absolute atomic E-state index is 4.01. The topological polar surface area (TPSA) is 83.1 Å². The molecule has 0 unspecified atom stereocenters. The molecule has 0 aliphatic heterocycles. The quantitative estimate of drug-likeness (QED) is 0.724. The number of benzene rings is 1. The zero-order chi connectivity index (χ0) is 12.2. The Balaban J connectivity index is 2.09. The zero-order valence-corrected chi connectivity index (χ0v) is 9.41. The van der Waals surface area contributed by atoms with E-state index in [2.05, 4.69) is 30.8 Å². The van der Waals surface area contributed by atoms with Crippen LogP contribution in [0.15, 0.2) is 42.7 Å². The maximum atomic E-state index is 4.01. The number of nitrogens with one attached hydrogen (secondary N) is 2. The molecule has 0 amide bonds. The highest BCUT2D eigenvalue weighted by Gasteiger charge is 2.10. The van der Waals surface area contributed by atoms with Crippen LogP contribution < -0.4 is 0 Å². The van der Waals surface area contributed by atoms with E-state index in [4.69, 9.17) is 0 Å². The van der Waals surface area contributed by atoms with E-state index < -0.39 is 0 Å². The minimum Gasteiger partial charge on any atom is -0.265 e. The van der Waals surface area contributed by atoms with Crippen LogP contribution in [0.3, 0.4) is 0 Å². The van der Waals surface area contributed by atoms with Crippen LogP contribution in [0.2, 0.25) is 0 Å². The largest absolute Gasteiger partial charge is 0.265 e. The van der Waals surface area contributed by atoms with Crippen LogP contribution in [0.5, 0.6) is 0 Å². The Bertz CT molecular complexity index is 588. The van der Waals surface area contributed by atoms with Crippen molar-refractivity contribution in [2.24, 2.45) is 0 Å². The molecule has 2 heterocycles. The van der Waals surface area contributed by atoms with Gasteiger partial charge in [-0.15, -0.1) is 10.2 Å². The summed E-state index contributed by atoms with van der Waals surface area (Å²) in [5, 5.41) is 20.9. The monoisotopic (exact) mass is 238 g/mol. The Labute approximate surface area is 103 Å². The predicted octanol–water partition coefficient (Wildman–Crippen LogP) is 1.51. The predicted molar refractivity (Wildman–Crippen MR) is 66.2 cm³/mol. The summed E-state index contributed by atoms with van der Waals surface area (Å²) in [5.74, 6) is 0. The van der Waals surface area contributed by atoms with Gasteiger partial charge in [-0.1, -0.05) is 40.8 Å². The van der Waals surface area contributed by atoms with E-state index >= 15 is 0 Å². The van der Waals surface area contributed by atoms with E-state index in [1.165, 1.54) is 0 Å². The second-order valence-electron chi connectivity index (χ2n) is 3.69. The van der Waals surface area contributed by atoms with Gasteiger partial charge in [0.15, 0.2) is 0 Å². The summed E-state index contributed by atoms with van der Waals surface area (Å²) in [7, 11) is 0. The lowest BCUT2D eigenvalue weighted by Gasteiger charge is -1.99. The minimum absolute atomic E-state index is 0.729. The Hall–Kier alpha value is -2.76. The molecule has 88 valence electrons. The highest BCUT2D eigenvalue weighted by Crippen LogP contribution is 2.21. The van der Waals surface area contributed by atoms with Crippen LogP contribution in [0.1, 0.15) is 17.0 Å². The van der Waals surface area contributed by atoms with Crippen molar-refractivity contribution in [2.45, 2.75) is 0 Å². The second kappa shape index (κ2) is 4.62. The van der Waals surface area contributed by atoms with E-state index in [1.807, 2.05) is 36.4 Å². The van der Waals surface area contributed by atoms with Gasteiger partial charge in [-0.3, -0.25) is 10.2 Å². The summed E-state index contributed by atoms with van der Waals surface area (Å²) in [5.41, 5.74) is 3.39. The molecule has 3 rings (SSSR count). The van der Waals surface area contributed by atoms with Crippen LogP contribution in [0.25, 0.3) is 11.6 Å². The number of H-pyrrole nitrogens is 2. The van der Waals surface area contributed by atoms with Crippen LogP contribution in [0.4, 0.5) is 0 Å². The van der Waals surface area contributed by atoms with Gasteiger partial charge in [-0.2, -0.15) is 0 Å². The lowest BCUT2D eigenvalue weighted by atomic mass is 10.1. The van der Waals surface area contributed by atoms with Crippen molar-refractivity contribution < 1.29 is 0 Å². The molecular formula is C12H10N6. The molecule has 0 fully saturated rings. The van der Waals surface area contributed by atoms with Gasteiger partial charge in [0.1, 0.15) is 11.4 Å². The van der Waals surface area contributed by atoms with E-state index in [9.17, 15) is 0 Å². The molecule has 0 bridgehead atoms. The lowest BCUT2D eigenvalue weighted by Crippen LogP contribution is -1.89. The van der Waals surface area contributed by atoms with E-state index in [0.717, 1.165) is 22.5 Å². The summed E-state index contributed by atoms with van der Waals surface area (Å²) in [4.78, 5) is 0. The first-order valence-corrected chi connectivity index (χ1v) is 5.44. The Morgan fingerprint density at radius 1 is 0.889 bits per heavy atom. The fourth-order valence-electron chi connectivity index (χ4n) is 1.66. The van der Waals surface area contributed by atoms with Crippen molar-refractivity contribution in [1.82, 2.24) is 30.8 Å². The van der Waals surface area contributed by atoms with Gasteiger partial charge >= 0.3 is 0 Å². The SMILES string of the molecule is C(=C(c1c[nH]nn1)c1c[nH]nn1)c1ccccc1. The normalized spacial score (nSPS) is 10.2. The zero-order valence-electron chi connectivity index (χ0n) is 9.41. The fourth-order valence-corrected chi connectivity index (χ4v) is 1.66. The fraction of sp³-hybridized carbons (Fsp3) is 0. The molecule has 1 aromatic carbocycles. The van der Waals surface area contributed by atoms with Gasteiger partial charge in [-0.25, -0.2) is 0 Å². The molecule has 0 radical (unpaired) electrons. The van der Waals surface area contributed by atoms with E-state index in [-0.39, 0.29) is 0 Å². The third kappa shape index (κ3) is 2.03. The average molecular weight is 238 g/mol. The van der Waals surface area contributed by atoms with Gasteiger partial charge in [0.05, 0.1) is 12.4 Å². The van der Waals surface area contributed by atoms with Crippen molar-refractivity contribution in [2.75, 3.05) is 0 Å². The van der Waals surface area contributed by atoms with Gasteiger partial charge in [0.2, 0.25) is 0 Å². The summed E-state index contributed by atoms with van der Waals surface area (Å²) in [6, 6.07) is 9.97. The number of hydrogen-bond acceptors (Lipinski definition) is 4. The first kappa shape index (κ1) is 10.4. The molecule has 2 aromatic heterocycles. The highest BCUT2D eigenvalue weighted by atomic mass is 15.3. The summed E-state index contributed by atoms with van der Waals surface area (Å²) >= 11 is 0. The lowest BCUT2D eigenvalue weighted by molar-refractivity contribution is 0.929. The minimum atomic E-state index is 0.729. The van der Waals surface area contributed by atoms with E-state index in [1.54, 1.807) is 12.4 Å². The number of nitrogens with zero attached hydrogens (tertiary/aromatic N) is 4. The molecule has 0 saturated carbocycles. The van der Waals surface area contributed by atoms with Crippen molar-refractivity contribution >= 4 is 11.6 Å². The van der Waals surface area contributed by atoms with Crippen LogP contribution in [-0.4, -0.2) is 30.8 Å². The van der Waals surface area contributed by atoms with Crippen molar-refractivity contribution in [1.29, 1.82) is 0 Å². The van der Waals surface area contributed by atoms with Gasteiger partial charge in [-0.05, 0) is 11.6 Å². The number of hydrogen-bond donors (Lipinski definition) is 2. The summed E-state index contributed by atoms with van der Waals surface area (Å²) in [6.07, 6.45) is 5.45. The Morgan fingerprint density at radius 3 is 2.00 bits per heavy atom. The maximum Gasteiger partial charge on any atom is 0.115 e. The smallest absolute Gasteiger partial charge is 0.115 e. The van der Waals surface area contributed by atoms with Crippen molar-refractivity contribution in [3.8, 4) is 0 Å². The third-order valence-electron chi connectivity index (χ3n) is 2.50. The third-order valence-corrected chi connectivity index (χ3v) is 2.50. The molecular weight excluding hydrogens is 228 g/mol. The molecule has 0 spiro atoms.